The summed E-state index contributed by atoms with van der Waals surface area (Å²) in [5.41, 5.74) is 8.99. The second-order valence-electron chi connectivity index (χ2n) is 4.31. The molecule has 0 aliphatic carbocycles. The van der Waals surface area contributed by atoms with Crippen LogP contribution in [0.25, 0.3) is 0 Å². The first-order chi connectivity index (χ1) is 8.08. The first kappa shape index (κ1) is 14.0. The highest BCUT2D eigenvalue weighted by atomic mass is 16.5. The van der Waals surface area contributed by atoms with Gasteiger partial charge in [-0.25, -0.2) is 0 Å². The average Bonchev–Trinajstić information content (AvgIpc) is 2.28. The summed E-state index contributed by atoms with van der Waals surface area (Å²) in [6.07, 6.45) is -0.474. The topological polar surface area (TPSA) is 58.7 Å². The minimum atomic E-state index is -0.474. The van der Waals surface area contributed by atoms with E-state index in [1.807, 2.05) is 31.0 Å². The van der Waals surface area contributed by atoms with Crippen molar-refractivity contribution in [2.45, 2.75) is 19.6 Å². The SMILES string of the molecule is COCC(O)CN(C)c1ccc(CN)cc1C. The summed E-state index contributed by atoms with van der Waals surface area (Å²) >= 11 is 0. The molecular formula is C13H22N2O2. The van der Waals surface area contributed by atoms with E-state index in [1.54, 1.807) is 7.11 Å². The molecule has 4 heteroatoms. The maximum Gasteiger partial charge on any atom is 0.0947 e. The normalized spacial score (nSPS) is 12.5. The van der Waals surface area contributed by atoms with E-state index in [0.717, 1.165) is 11.3 Å². The molecule has 0 saturated carbocycles. The molecule has 96 valence electrons. The predicted octanol–water partition coefficient (Wildman–Crippen LogP) is 0.897. The van der Waals surface area contributed by atoms with Gasteiger partial charge in [0, 0.05) is 32.9 Å². The largest absolute Gasteiger partial charge is 0.389 e. The summed E-state index contributed by atoms with van der Waals surface area (Å²) < 4.78 is 4.91. The quantitative estimate of drug-likeness (QED) is 0.773. The summed E-state index contributed by atoms with van der Waals surface area (Å²) in [5.74, 6) is 0. The molecule has 3 N–H and O–H groups in total. The molecule has 0 radical (unpaired) electrons. The maximum atomic E-state index is 9.69. The number of anilines is 1. The molecule has 0 aliphatic rings. The monoisotopic (exact) mass is 238 g/mol. The highest BCUT2D eigenvalue weighted by molar-refractivity contribution is 5.54. The van der Waals surface area contributed by atoms with E-state index in [4.69, 9.17) is 10.5 Å². The van der Waals surface area contributed by atoms with Crippen LogP contribution in [0, 0.1) is 6.92 Å². The lowest BCUT2D eigenvalue weighted by molar-refractivity contribution is 0.0695. The van der Waals surface area contributed by atoms with Crippen molar-refractivity contribution in [2.75, 3.05) is 32.2 Å². The van der Waals surface area contributed by atoms with Crippen LogP contribution in [0.4, 0.5) is 5.69 Å². The van der Waals surface area contributed by atoms with Gasteiger partial charge in [0.2, 0.25) is 0 Å². The van der Waals surface area contributed by atoms with Crippen molar-refractivity contribution in [2.24, 2.45) is 5.73 Å². The molecule has 0 heterocycles. The minimum Gasteiger partial charge on any atom is -0.389 e. The van der Waals surface area contributed by atoms with Crippen LogP contribution in [0.2, 0.25) is 0 Å². The van der Waals surface area contributed by atoms with Crippen molar-refractivity contribution < 1.29 is 9.84 Å². The Morgan fingerprint density at radius 3 is 2.71 bits per heavy atom. The number of hydrogen-bond donors (Lipinski definition) is 2. The number of rotatable bonds is 6. The third kappa shape index (κ3) is 4.00. The molecule has 4 nitrogen and oxygen atoms in total. The Balaban J connectivity index is 2.71. The summed E-state index contributed by atoms with van der Waals surface area (Å²) in [7, 11) is 3.55. The van der Waals surface area contributed by atoms with E-state index in [-0.39, 0.29) is 0 Å². The number of methoxy groups -OCH3 is 1. The van der Waals surface area contributed by atoms with Crippen molar-refractivity contribution in [1.82, 2.24) is 0 Å². The Labute approximate surface area is 103 Å². The van der Waals surface area contributed by atoms with Gasteiger partial charge in [-0.2, -0.15) is 0 Å². The Kier molecular flexibility index (Phi) is 5.41. The van der Waals surface area contributed by atoms with E-state index in [0.29, 0.717) is 19.7 Å². The molecule has 0 aromatic heterocycles. The number of nitrogens with zero attached hydrogens (tertiary/aromatic N) is 1. The van der Waals surface area contributed by atoms with E-state index in [2.05, 4.69) is 6.07 Å². The Morgan fingerprint density at radius 1 is 1.47 bits per heavy atom. The smallest absolute Gasteiger partial charge is 0.0947 e. The summed E-state index contributed by atoms with van der Waals surface area (Å²) in [4.78, 5) is 2.03. The molecule has 1 atom stereocenters. The summed E-state index contributed by atoms with van der Waals surface area (Å²) in [6, 6.07) is 6.13. The molecule has 0 aliphatic heterocycles. The van der Waals surface area contributed by atoms with Gasteiger partial charge in [0.25, 0.3) is 0 Å². The highest BCUT2D eigenvalue weighted by Crippen LogP contribution is 2.20. The van der Waals surface area contributed by atoms with Gasteiger partial charge < -0.3 is 20.5 Å². The minimum absolute atomic E-state index is 0.351. The fraction of sp³-hybridized carbons (Fsp3) is 0.538. The van der Waals surface area contributed by atoms with Gasteiger partial charge >= 0.3 is 0 Å². The average molecular weight is 238 g/mol. The Bertz CT molecular complexity index is 355. The van der Waals surface area contributed by atoms with Gasteiger partial charge in [-0.05, 0) is 24.1 Å². The van der Waals surface area contributed by atoms with Gasteiger partial charge in [-0.1, -0.05) is 12.1 Å². The van der Waals surface area contributed by atoms with E-state index < -0.39 is 6.10 Å². The van der Waals surface area contributed by atoms with Gasteiger partial charge in [-0.3, -0.25) is 0 Å². The fourth-order valence-corrected chi connectivity index (χ4v) is 1.93. The van der Waals surface area contributed by atoms with Crippen LogP contribution in [0.3, 0.4) is 0 Å². The zero-order chi connectivity index (χ0) is 12.8. The number of aliphatic hydroxyl groups is 1. The van der Waals surface area contributed by atoms with Gasteiger partial charge in [0.15, 0.2) is 0 Å². The van der Waals surface area contributed by atoms with E-state index >= 15 is 0 Å². The molecule has 0 bridgehead atoms. The Morgan fingerprint density at radius 2 is 2.18 bits per heavy atom. The standard InChI is InChI=1S/C13H22N2O2/c1-10-6-11(7-14)4-5-13(10)15(2)8-12(16)9-17-3/h4-6,12,16H,7-9,14H2,1-3H3. The molecule has 1 rings (SSSR count). The first-order valence-electron chi connectivity index (χ1n) is 5.76. The number of aryl methyl sites for hydroxylation is 1. The van der Waals surface area contributed by atoms with Crippen molar-refractivity contribution >= 4 is 5.69 Å². The van der Waals surface area contributed by atoms with Crippen LogP contribution in [0.1, 0.15) is 11.1 Å². The molecule has 1 aromatic rings. The first-order valence-corrected chi connectivity index (χ1v) is 5.76. The van der Waals surface area contributed by atoms with Gasteiger partial charge in [-0.15, -0.1) is 0 Å². The van der Waals surface area contributed by atoms with Crippen molar-refractivity contribution in [3.8, 4) is 0 Å². The maximum absolute atomic E-state index is 9.69. The predicted molar refractivity (Wildman–Crippen MR) is 70.2 cm³/mol. The molecule has 0 fully saturated rings. The third-order valence-corrected chi connectivity index (χ3v) is 2.75. The molecule has 0 saturated heterocycles. The Hall–Kier alpha value is -1.10. The lowest BCUT2D eigenvalue weighted by Crippen LogP contribution is -2.32. The van der Waals surface area contributed by atoms with Crippen LogP contribution in [-0.2, 0) is 11.3 Å². The second-order valence-corrected chi connectivity index (χ2v) is 4.31. The van der Waals surface area contributed by atoms with Gasteiger partial charge in [0.1, 0.15) is 0 Å². The van der Waals surface area contributed by atoms with Crippen LogP contribution in [0.5, 0.6) is 0 Å². The van der Waals surface area contributed by atoms with Crippen LogP contribution < -0.4 is 10.6 Å². The molecule has 0 spiro atoms. The number of likely N-dealkylation sites (N-methyl/N-ethyl adjacent to an activating group) is 1. The number of hydrogen-bond acceptors (Lipinski definition) is 4. The number of aliphatic hydroxyl groups excluding tert-OH is 1. The molecule has 0 amide bonds. The zero-order valence-electron chi connectivity index (χ0n) is 10.8. The molecular weight excluding hydrogens is 216 g/mol. The van der Waals surface area contributed by atoms with Crippen molar-refractivity contribution in [1.29, 1.82) is 0 Å². The van der Waals surface area contributed by atoms with E-state index in [1.165, 1.54) is 5.56 Å². The lowest BCUT2D eigenvalue weighted by Gasteiger charge is -2.24. The number of nitrogens with two attached hydrogens (primary N) is 1. The van der Waals surface area contributed by atoms with Crippen LogP contribution >= 0.6 is 0 Å². The van der Waals surface area contributed by atoms with Crippen molar-refractivity contribution in [3.05, 3.63) is 29.3 Å². The van der Waals surface area contributed by atoms with Crippen molar-refractivity contribution in [3.63, 3.8) is 0 Å². The lowest BCUT2D eigenvalue weighted by atomic mass is 10.1. The number of ether oxygens (including phenoxy) is 1. The van der Waals surface area contributed by atoms with Crippen LogP contribution in [-0.4, -0.2) is 38.5 Å². The fourth-order valence-electron chi connectivity index (χ4n) is 1.93. The molecule has 1 aromatic carbocycles. The third-order valence-electron chi connectivity index (χ3n) is 2.75. The van der Waals surface area contributed by atoms with Crippen LogP contribution in [0.15, 0.2) is 18.2 Å². The number of benzene rings is 1. The molecule has 1 unspecified atom stereocenters. The summed E-state index contributed by atoms with van der Waals surface area (Å²) in [6.45, 7) is 3.51. The van der Waals surface area contributed by atoms with Gasteiger partial charge in [0.05, 0.1) is 12.7 Å². The summed E-state index contributed by atoms with van der Waals surface area (Å²) in [5, 5.41) is 9.69. The molecule has 17 heavy (non-hydrogen) atoms. The second kappa shape index (κ2) is 6.59. The van der Waals surface area contributed by atoms with E-state index in [9.17, 15) is 5.11 Å². The highest BCUT2D eigenvalue weighted by Gasteiger charge is 2.10. The zero-order valence-corrected chi connectivity index (χ0v) is 10.8.